The van der Waals surface area contributed by atoms with E-state index in [1.807, 2.05) is 24.8 Å². The number of ether oxygens (including phenoxy) is 1. The first kappa shape index (κ1) is 18.6. The fraction of sp³-hybridized carbons (Fsp3) is 0.611. The lowest BCUT2D eigenvalue weighted by Crippen LogP contribution is -2.58. The lowest BCUT2D eigenvalue weighted by molar-refractivity contribution is -0.147. The third-order valence-electron chi connectivity index (χ3n) is 5.59. The van der Waals surface area contributed by atoms with Crippen LogP contribution in [0.25, 0.3) is 0 Å². The van der Waals surface area contributed by atoms with Crippen molar-refractivity contribution in [1.29, 1.82) is 0 Å². The Morgan fingerprint density at radius 1 is 1.21 bits per heavy atom. The van der Waals surface area contributed by atoms with E-state index in [4.69, 9.17) is 4.74 Å². The van der Waals surface area contributed by atoms with Gasteiger partial charge in [0, 0.05) is 25.3 Å². The third-order valence-corrected chi connectivity index (χ3v) is 5.59. The molecule has 2 amide bonds. The molecule has 1 spiro atoms. The van der Waals surface area contributed by atoms with Crippen molar-refractivity contribution in [3.05, 3.63) is 29.3 Å². The minimum absolute atomic E-state index is 0.0624. The Morgan fingerprint density at radius 2 is 2.00 bits per heavy atom. The van der Waals surface area contributed by atoms with Gasteiger partial charge in [-0.2, -0.15) is 20.5 Å². The van der Waals surface area contributed by atoms with Crippen LogP contribution in [0.15, 0.2) is 12.3 Å². The summed E-state index contributed by atoms with van der Waals surface area (Å²) in [6, 6.07) is 1.97. The van der Waals surface area contributed by atoms with Gasteiger partial charge in [-0.3, -0.25) is 14.3 Å². The molecule has 2 aromatic heterocycles. The largest absolute Gasteiger partial charge is 0.371 e. The smallest absolute Gasteiger partial charge is 0.276 e. The summed E-state index contributed by atoms with van der Waals surface area (Å²) in [5.41, 5.74) is 1.81. The summed E-state index contributed by atoms with van der Waals surface area (Å²) in [4.78, 5) is 28.9. The van der Waals surface area contributed by atoms with Crippen LogP contribution in [-0.4, -0.2) is 85.2 Å². The maximum atomic E-state index is 12.7. The second-order valence-electron chi connectivity index (χ2n) is 7.58. The van der Waals surface area contributed by atoms with Crippen LogP contribution in [0.3, 0.4) is 0 Å². The van der Waals surface area contributed by atoms with Crippen LogP contribution >= 0.6 is 0 Å². The van der Waals surface area contributed by atoms with Crippen LogP contribution < -0.4 is 0 Å². The first-order chi connectivity index (χ1) is 13.5. The zero-order valence-electron chi connectivity index (χ0n) is 16.2. The van der Waals surface area contributed by atoms with Crippen molar-refractivity contribution < 1.29 is 14.3 Å². The summed E-state index contributed by atoms with van der Waals surface area (Å²) in [5, 5.41) is 14.4. The van der Waals surface area contributed by atoms with Gasteiger partial charge in [0.2, 0.25) is 5.91 Å². The predicted molar refractivity (Wildman–Crippen MR) is 98.5 cm³/mol. The van der Waals surface area contributed by atoms with Crippen molar-refractivity contribution in [2.75, 3.05) is 32.8 Å². The van der Waals surface area contributed by atoms with E-state index in [1.54, 1.807) is 9.58 Å². The monoisotopic (exact) mass is 387 g/mol. The van der Waals surface area contributed by atoms with E-state index in [0.29, 0.717) is 51.3 Å². The number of rotatable bonds is 3. The topological polar surface area (TPSA) is 109 Å². The summed E-state index contributed by atoms with van der Waals surface area (Å²) >= 11 is 0. The first-order valence-electron chi connectivity index (χ1n) is 9.54. The fourth-order valence-electron chi connectivity index (χ4n) is 4.01. The Morgan fingerprint density at radius 3 is 2.64 bits per heavy atom. The van der Waals surface area contributed by atoms with Crippen molar-refractivity contribution in [2.45, 2.75) is 38.8 Å². The highest BCUT2D eigenvalue weighted by Crippen LogP contribution is 2.30. The molecule has 4 rings (SSSR count). The molecule has 0 atom stereocenters. The molecule has 1 N–H and O–H groups in total. The molecule has 2 aliphatic rings. The number of carbonyl (C=O) groups excluding carboxylic acids is 2. The molecule has 10 heteroatoms. The zero-order valence-corrected chi connectivity index (χ0v) is 16.2. The zero-order chi connectivity index (χ0) is 19.7. The SMILES string of the molecule is Cc1cc(C)n(CC(=O)N2CCC3(CC2)CN(C(=O)c2cn[nH]n2)CCO3)n1. The lowest BCUT2D eigenvalue weighted by Gasteiger charge is -2.47. The van der Waals surface area contributed by atoms with Gasteiger partial charge >= 0.3 is 0 Å². The minimum atomic E-state index is -0.396. The number of likely N-dealkylation sites (tertiary alicyclic amines) is 1. The van der Waals surface area contributed by atoms with E-state index < -0.39 is 5.60 Å². The Kier molecular flexibility index (Phi) is 4.88. The molecule has 2 aliphatic heterocycles. The van der Waals surface area contributed by atoms with Crippen LogP contribution in [0.5, 0.6) is 0 Å². The third kappa shape index (κ3) is 3.64. The van der Waals surface area contributed by atoms with Crippen LogP contribution in [-0.2, 0) is 16.1 Å². The molecule has 4 heterocycles. The van der Waals surface area contributed by atoms with Gasteiger partial charge in [-0.25, -0.2) is 0 Å². The van der Waals surface area contributed by atoms with Gasteiger partial charge in [0.1, 0.15) is 6.54 Å². The molecule has 10 nitrogen and oxygen atoms in total. The van der Waals surface area contributed by atoms with Crippen LogP contribution in [0.2, 0.25) is 0 Å². The molecule has 2 fully saturated rings. The quantitative estimate of drug-likeness (QED) is 0.803. The molecule has 0 bridgehead atoms. The standard InChI is InChI=1S/C18H25N7O3/c1-13-9-14(2)25(21-13)11-16(26)23-5-3-18(4-6-23)12-24(7-8-28-18)17(27)15-10-19-22-20-15/h9-10H,3-8,11-12H2,1-2H3,(H,19,20,22). The highest BCUT2D eigenvalue weighted by molar-refractivity contribution is 5.92. The van der Waals surface area contributed by atoms with Gasteiger partial charge in [-0.1, -0.05) is 0 Å². The van der Waals surface area contributed by atoms with E-state index in [9.17, 15) is 9.59 Å². The lowest BCUT2D eigenvalue weighted by atomic mass is 9.89. The number of nitrogens with one attached hydrogen (secondary N) is 1. The van der Waals surface area contributed by atoms with Gasteiger partial charge in [0.05, 0.1) is 30.6 Å². The number of aromatic amines is 1. The Balaban J connectivity index is 1.35. The van der Waals surface area contributed by atoms with Crippen molar-refractivity contribution in [2.24, 2.45) is 0 Å². The van der Waals surface area contributed by atoms with Crippen molar-refractivity contribution >= 4 is 11.8 Å². The van der Waals surface area contributed by atoms with E-state index in [-0.39, 0.29) is 18.4 Å². The molecular weight excluding hydrogens is 362 g/mol. The van der Waals surface area contributed by atoms with Crippen molar-refractivity contribution in [3.63, 3.8) is 0 Å². The van der Waals surface area contributed by atoms with Crippen LogP contribution in [0, 0.1) is 13.8 Å². The number of carbonyl (C=O) groups is 2. The Labute approximate surface area is 162 Å². The van der Waals surface area contributed by atoms with Crippen molar-refractivity contribution in [1.82, 2.24) is 35.0 Å². The maximum Gasteiger partial charge on any atom is 0.276 e. The number of aromatic nitrogens is 5. The number of nitrogens with zero attached hydrogens (tertiary/aromatic N) is 6. The number of aryl methyl sites for hydroxylation is 2. The van der Waals surface area contributed by atoms with Gasteiger partial charge < -0.3 is 14.5 Å². The molecule has 0 aromatic carbocycles. The maximum absolute atomic E-state index is 12.7. The molecule has 0 radical (unpaired) electrons. The van der Waals surface area contributed by atoms with Gasteiger partial charge in [-0.15, -0.1) is 0 Å². The first-order valence-corrected chi connectivity index (χ1v) is 9.54. The van der Waals surface area contributed by atoms with Crippen LogP contribution in [0.4, 0.5) is 0 Å². The average Bonchev–Trinajstić information content (AvgIpc) is 3.32. The molecular formula is C18H25N7O3. The number of hydrogen-bond donors (Lipinski definition) is 1. The molecule has 0 unspecified atom stereocenters. The van der Waals surface area contributed by atoms with Crippen molar-refractivity contribution in [3.8, 4) is 0 Å². The number of amides is 2. The molecule has 0 aliphatic carbocycles. The summed E-state index contributed by atoms with van der Waals surface area (Å²) in [7, 11) is 0. The highest BCUT2D eigenvalue weighted by atomic mass is 16.5. The molecule has 0 saturated carbocycles. The van der Waals surface area contributed by atoms with E-state index >= 15 is 0 Å². The normalized spacial score (nSPS) is 19.2. The van der Waals surface area contributed by atoms with Gasteiger partial charge in [0.25, 0.3) is 5.91 Å². The molecule has 28 heavy (non-hydrogen) atoms. The second kappa shape index (κ2) is 7.34. The summed E-state index contributed by atoms with van der Waals surface area (Å²) in [5.74, 6) is -0.0770. The summed E-state index contributed by atoms with van der Waals surface area (Å²) in [6.45, 7) is 6.90. The number of morpholine rings is 1. The fourth-order valence-corrected chi connectivity index (χ4v) is 4.01. The number of hydrogen-bond acceptors (Lipinski definition) is 6. The number of H-pyrrole nitrogens is 1. The Bertz CT molecular complexity index is 853. The second-order valence-corrected chi connectivity index (χ2v) is 7.58. The highest BCUT2D eigenvalue weighted by Gasteiger charge is 2.42. The molecule has 150 valence electrons. The van der Waals surface area contributed by atoms with E-state index in [2.05, 4.69) is 20.5 Å². The van der Waals surface area contributed by atoms with Gasteiger partial charge in [-0.05, 0) is 32.8 Å². The molecule has 2 saturated heterocycles. The predicted octanol–water partition coefficient (Wildman–Crippen LogP) is 0.152. The van der Waals surface area contributed by atoms with E-state index in [1.165, 1.54) is 6.20 Å². The van der Waals surface area contributed by atoms with Crippen LogP contribution in [0.1, 0.15) is 34.7 Å². The average molecular weight is 387 g/mol. The number of piperidine rings is 1. The molecule has 2 aromatic rings. The Hall–Kier alpha value is -2.75. The van der Waals surface area contributed by atoms with Gasteiger partial charge in [0.15, 0.2) is 5.69 Å². The van der Waals surface area contributed by atoms with E-state index in [0.717, 1.165) is 11.4 Å². The summed E-state index contributed by atoms with van der Waals surface area (Å²) in [6.07, 6.45) is 2.85. The minimum Gasteiger partial charge on any atom is -0.371 e. The summed E-state index contributed by atoms with van der Waals surface area (Å²) < 4.78 is 7.83.